The summed E-state index contributed by atoms with van der Waals surface area (Å²) < 4.78 is 22.1. The second-order valence-electron chi connectivity index (χ2n) is 3.12. The molecule has 0 aromatic carbocycles. The van der Waals surface area contributed by atoms with Crippen LogP contribution < -0.4 is 5.32 Å². The van der Waals surface area contributed by atoms with E-state index in [1.165, 1.54) is 0 Å². The lowest BCUT2D eigenvalue weighted by Crippen LogP contribution is -2.33. The fourth-order valence-corrected chi connectivity index (χ4v) is 1.63. The third-order valence-corrected chi connectivity index (χ3v) is 3.74. The van der Waals surface area contributed by atoms with Gasteiger partial charge in [0.2, 0.25) is 5.91 Å². The van der Waals surface area contributed by atoms with Crippen molar-refractivity contribution in [3.05, 3.63) is 0 Å². The molecule has 0 spiro atoms. The first kappa shape index (κ1) is 13.9. The normalized spacial score (nSPS) is 12.9. The first-order valence-electron chi connectivity index (χ1n) is 4.84. The van der Waals surface area contributed by atoms with Crippen molar-refractivity contribution < 1.29 is 13.2 Å². The average Bonchev–Trinajstić information content (AvgIpc) is 2.19. The van der Waals surface area contributed by atoms with Gasteiger partial charge in [-0.15, -0.1) is 0 Å². The Balaban J connectivity index is 3.99. The van der Waals surface area contributed by atoms with Crippen LogP contribution in [0.25, 0.3) is 0 Å². The highest BCUT2D eigenvalue weighted by Gasteiger charge is 2.15. The van der Waals surface area contributed by atoms with Gasteiger partial charge in [-0.05, 0) is 6.42 Å². The Morgan fingerprint density at radius 3 is 2.47 bits per heavy atom. The molecular formula is C9H16N2O3S. The molecule has 15 heavy (non-hydrogen) atoms. The quantitative estimate of drug-likeness (QED) is 0.703. The highest BCUT2D eigenvalue weighted by molar-refractivity contribution is 7.91. The summed E-state index contributed by atoms with van der Waals surface area (Å²) >= 11 is 0. The first-order valence-corrected chi connectivity index (χ1v) is 6.66. The maximum absolute atomic E-state index is 11.3. The van der Waals surface area contributed by atoms with E-state index in [1.54, 1.807) is 13.8 Å². The molecule has 1 unspecified atom stereocenters. The predicted molar refractivity (Wildman–Crippen MR) is 56.7 cm³/mol. The minimum absolute atomic E-state index is 0.0678. The van der Waals surface area contributed by atoms with Crippen LogP contribution in [0.2, 0.25) is 0 Å². The predicted octanol–water partition coefficient (Wildman–Crippen LogP) is 0.0871. The zero-order valence-corrected chi connectivity index (χ0v) is 9.80. The molecular weight excluding hydrogens is 216 g/mol. The van der Waals surface area contributed by atoms with Crippen molar-refractivity contribution in [1.29, 1.82) is 5.26 Å². The molecule has 6 heteroatoms. The number of amides is 1. The van der Waals surface area contributed by atoms with Crippen molar-refractivity contribution in [1.82, 2.24) is 5.32 Å². The Bertz CT molecular complexity index is 343. The van der Waals surface area contributed by atoms with Crippen LogP contribution in [0, 0.1) is 17.2 Å². The van der Waals surface area contributed by atoms with Gasteiger partial charge in [0, 0.05) is 12.3 Å². The van der Waals surface area contributed by atoms with Crippen molar-refractivity contribution in [2.75, 3.05) is 18.1 Å². The summed E-state index contributed by atoms with van der Waals surface area (Å²) in [7, 11) is -3.05. The number of carbonyl (C=O) groups excluding carboxylic acids is 1. The first-order chi connectivity index (χ1) is 6.96. The van der Waals surface area contributed by atoms with Crippen LogP contribution in [-0.2, 0) is 14.6 Å². The number of carbonyl (C=O) groups is 1. The number of rotatable bonds is 6. The molecule has 0 radical (unpaired) electrons. The van der Waals surface area contributed by atoms with Gasteiger partial charge < -0.3 is 5.32 Å². The van der Waals surface area contributed by atoms with E-state index in [9.17, 15) is 13.2 Å². The molecule has 0 aliphatic heterocycles. The smallest absolute Gasteiger partial charge is 0.237 e. The maximum Gasteiger partial charge on any atom is 0.237 e. The van der Waals surface area contributed by atoms with Gasteiger partial charge in [-0.25, -0.2) is 8.42 Å². The van der Waals surface area contributed by atoms with E-state index in [2.05, 4.69) is 5.32 Å². The summed E-state index contributed by atoms with van der Waals surface area (Å²) in [5.74, 6) is -1.09. The number of hydrogen-bond donors (Lipinski definition) is 1. The van der Waals surface area contributed by atoms with Crippen LogP contribution >= 0.6 is 0 Å². The molecule has 0 saturated carbocycles. The standard InChI is InChI=1S/C9H16N2O3S/c1-3-8(7-10)9(12)11-5-6-15(13,14)4-2/h8H,3-6H2,1-2H3,(H,11,12). The molecule has 0 bridgehead atoms. The number of nitrogens with one attached hydrogen (secondary N) is 1. The Labute approximate surface area is 90.4 Å². The monoisotopic (exact) mass is 232 g/mol. The van der Waals surface area contributed by atoms with Crippen molar-refractivity contribution in [2.45, 2.75) is 20.3 Å². The average molecular weight is 232 g/mol. The molecule has 0 aromatic heterocycles. The Morgan fingerprint density at radius 1 is 1.47 bits per heavy atom. The molecule has 1 amide bonds. The molecule has 0 fully saturated rings. The van der Waals surface area contributed by atoms with Crippen LogP contribution in [0.4, 0.5) is 0 Å². The zero-order valence-electron chi connectivity index (χ0n) is 8.99. The van der Waals surface area contributed by atoms with Gasteiger partial charge >= 0.3 is 0 Å². The zero-order chi connectivity index (χ0) is 11.9. The highest BCUT2D eigenvalue weighted by Crippen LogP contribution is 1.99. The van der Waals surface area contributed by atoms with E-state index < -0.39 is 21.7 Å². The van der Waals surface area contributed by atoms with Gasteiger partial charge in [-0.3, -0.25) is 4.79 Å². The van der Waals surface area contributed by atoms with Crippen LogP contribution in [0.5, 0.6) is 0 Å². The number of sulfone groups is 1. The van der Waals surface area contributed by atoms with Crippen LogP contribution in [0.15, 0.2) is 0 Å². The van der Waals surface area contributed by atoms with E-state index in [1.807, 2.05) is 6.07 Å². The van der Waals surface area contributed by atoms with Gasteiger partial charge in [0.05, 0.1) is 11.8 Å². The molecule has 0 aliphatic carbocycles. The summed E-state index contributed by atoms with van der Waals surface area (Å²) in [6.45, 7) is 3.37. The van der Waals surface area contributed by atoms with Crippen LogP contribution in [0.1, 0.15) is 20.3 Å². The fourth-order valence-electron chi connectivity index (χ4n) is 0.933. The van der Waals surface area contributed by atoms with E-state index in [-0.39, 0.29) is 18.1 Å². The fraction of sp³-hybridized carbons (Fsp3) is 0.778. The third-order valence-electron chi connectivity index (χ3n) is 2.03. The Morgan fingerprint density at radius 2 is 2.07 bits per heavy atom. The summed E-state index contributed by atoms with van der Waals surface area (Å²) in [6.07, 6.45) is 0.433. The summed E-state index contributed by atoms with van der Waals surface area (Å²) in [4.78, 5) is 11.3. The molecule has 0 aromatic rings. The van der Waals surface area contributed by atoms with Crippen LogP contribution in [0.3, 0.4) is 0 Å². The van der Waals surface area contributed by atoms with Crippen molar-refractivity contribution >= 4 is 15.7 Å². The summed E-state index contributed by atoms with van der Waals surface area (Å²) in [6, 6.07) is 1.85. The SMILES string of the molecule is CCC(C#N)C(=O)NCCS(=O)(=O)CC. The maximum atomic E-state index is 11.3. The largest absolute Gasteiger partial charge is 0.354 e. The van der Waals surface area contributed by atoms with Crippen LogP contribution in [-0.4, -0.2) is 32.4 Å². The van der Waals surface area contributed by atoms with Crippen molar-refractivity contribution in [2.24, 2.45) is 5.92 Å². The topological polar surface area (TPSA) is 87.0 Å². The van der Waals surface area contributed by atoms with E-state index in [4.69, 9.17) is 5.26 Å². The van der Waals surface area contributed by atoms with Gasteiger partial charge in [0.1, 0.15) is 5.92 Å². The summed E-state index contributed by atoms with van der Waals surface area (Å²) in [5.41, 5.74) is 0. The number of nitrogens with zero attached hydrogens (tertiary/aromatic N) is 1. The van der Waals surface area contributed by atoms with E-state index >= 15 is 0 Å². The van der Waals surface area contributed by atoms with Gasteiger partial charge in [-0.1, -0.05) is 13.8 Å². The molecule has 0 rings (SSSR count). The minimum Gasteiger partial charge on any atom is -0.354 e. The van der Waals surface area contributed by atoms with Crippen molar-refractivity contribution in [3.8, 4) is 6.07 Å². The molecule has 0 heterocycles. The lowest BCUT2D eigenvalue weighted by molar-refractivity contribution is -0.123. The highest BCUT2D eigenvalue weighted by atomic mass is 32.2. The number of nitriles is 1. The molecule has 0 aliphatic rings. The van der Waals surface area contributed by atoms with E-state index in [0.29, 0.717) is 6.42 Å². The van der Waals surface area contributed by atoms with Crippen molar-refractivity contribution in [3.63, 3.8) is 0 Å². The summed E-state index contributed by atoms with van der Waals surface area (Å²) in [5, 5.41) is 11.0. The minimum atomic E-state index is -3.05. The molecule has 1 atom stereocenters. The second kappa shape index (κ2) is 6.40. The Hall–Kier alpha value is -1.09. The van der Waals surface area contributed by atoms with E-state index in [0.717, 1.165) is 0 Å². The molecule has 5 nitrogen and oxygen atoms in total. The molecule has 0 saturated heterocycles. The lowest BCUT2D eigenvalue weighted by atomic mass is 10.1. The number of hydrogen-bond acceptors (Lipinski definition) is 4. The third kappa shape index (κ3) is 5.37. The molecule has 1 N–H and O–H groups in total. The molecule has 86 valence electrons. The van der Waals surface area contributed by atoms with Gasteiger partial charge in [0.25, 0.3) is 0 Å². The Kier molecular flexibility index (Phi) is 5.94. The van der Waals surface area contributed by atoms with Gasteiger partial charge in [0.15, 0.2) is 9.84 Å². The van der Waals surface area contributed by atoms with Gasteiger partial charge in [-0.2, -0.15) is 5.26 Å². The second-order valence-corrected chi connectivity index (χ2v) is 5.59. The lowest BCUT2D eigenvalue weighted by Gasteiger charge is -2.07.